The third-order valence-corrected chi connectivity index (χ3v) is 2.37. The summed E-state index contributed by atoms with van der Waals surface area (Å²) in [4.78, 5) is 0. The van der Waals surface area contributed by atoms with Crippen molar-refractivity contribution in [3.63, 3.8) is 0 Å². The standard InChI is InChI=1S/C8H12N2O6/c1-2-9-10-7(15-2)6-4(12)3(11)5(13)8(14)16-6/h3-6,8,11-14H,1H3/t3-,4-,5+,6?,8+/m0/s1. The first-order valence-corrected chi connectivity index (χ1v) is 4.68. The Morgan fingerprint density at radius 2 is 1.69 bits per heavy atom. The van der Waals surface area contributed by atoms with E-state index in [2.05, 4.69) is 10.2 Å². The Kier molecular flexibility index (Phi) is 2.91. The number of aromatic nitrogens is 2. The summed E-state index contributed by atoms with van der Waals surface area (Å²) in [7, 11) is 0. The molecule has 0 radical (unpaired) electrons. The number of aliphatic hydroxyl groups excluding tert-OH is 4. The topological polar surface area (TPSA) is 129 Å². The van der Waals surface area contributed by atoms with Gasteiger partial charge in [-0.1, -0.05) is 0 Å². The fourth-order valence-corrected chi connectivity index (χ4v) is 1.49. The van der Waals surface area contributed by atoms with Crippen LogP contribution in [0, 0.1) is 6.92 Å². The van der Waals surface area contributed by atoms with Crippen LogP contribution < -0.4 is 0 Å². The summed E-state index contributed by atoms with van der Waals surface area (Å²) in [6.45, 7) is 1.55. The molecule has 1 aliphatic rings. The van der Waals surface area contributed by atoms with E-state index in [4.69, 9.17) is 9.15 Å². The number of ether oxygens (including phenoxy) is 1. The van der Waals surface area contributed by atoms with Gasteiger partial charge in [0.05, 0.1) is 0 Å². The zero-order valence-electron chi connectivity index (χ0n) is 8.39. The molecule has 1 unspecified atom stereocenters. The van der Waals surface area contributed by atoms with Crippen LogP contribution >= 0.6 is 0 Å². The second kappa shape index (κ2) is 4.07. The maximum atomic E-state index is 9.61. The van der Waals surface area contributed by atoms with Gasteiger partial charge in [-0.05, 0) is 0 Å². The molecule has 1 saturated heterocycles. The highest BCUT2D eigenvalue weighted by Gasteiger charge is 2.45. The third-order valence-electron chi connectivity index (χ3n) is 2.37. The number of rotatable bonds is 1. The molecule has 0 saturated carbocycles. The second-order valence-corrected chi connectivity index (χ2v) is 3.58. The van der Waals surface area contributed by atoms with Gasteiger partial charge in [0.2, 0.25) is 11.8 Å². The smallest absolute Gasteiger partial charge is 0.248 e. The molecule has 1 aromatic rings. The van der Waals surface area contributed by atoms with Crippen LogP contribution in [0.25, 0.3) is 0 Å². The molecule has 8 heteroatoms. The quantitative estimate of drug-likeness (QED) is 0.431. The molecule has 1 aromatic heterocycles. The zero-order chi connectivity index (χ0) is 11.9. The van der Waals surface area contributed by atoms with Crippen LogP contribution in [0.15, 0.2) is 4.42 Å². The Hall–Kier alpha value is -1.06. The van der Waals surface area contributed by atoms with Crippen molar-refractivity contribution in [3.05, 3.63) is 11.8 Å². The molecule has 0 aromatic carbocycles. The molecule has 0 spiro atoms. The van der Waals surface area contributed by atoms with E-state index >= 15 is 0 Å². The van der Waals surface area contributed by atoms with Crippen molar-refractivity contribution in [1.82, 2.24) is 10.2 Å². The van der Waals surface area contributed by atoms with Gasteiger partial charge < -0.3 is 29.6 Å². The Balaban J connectivity index is 2.22. The number of aliphatic hydroxyl groups is 4. The van der Waals surface area contributed by atoms with Crippen molar-refractivity contribution < 1.29 is 29.6 Å². The van der Waals surface area contributed by atoms with Crippen molar-refractivity contribution in [3.8, 4) is 0 Å². The highest BCUT2D eigenvalue weighted by molar-refractivity contribution is 4.97. The number of nitrogens with zero attached hydrogens (tertiary/aromatic N) is 2. The molecule has 16 heavy (non-hydrogen) atoms. The monoisotopic (exact) mass is 232 g/mol. The summed E-state index contributed by atoms with van der Waals surface area (Å²) >= 11 is 0. The van der Waals surface area contributed by atoms with Crippen molar-refractivity contribution in [2.24, 2.45) is 0 Å². The first kappa shape index (κ1) is 11.4. The van der Waals surface area contributed by atoms with Gasteiger partial charge in [0.25, 0.3) is 0 Å². The summed E-state index contributed by atoms with van der Waals surface area (Å²) < 4.78 is 9.89. The van der Waals surface area contributed by atoms with Crippen molar-refractivity contribution in [1.29, 1.82) is 0 Å². The lowest BCUT2D eigenvalue weighted by Gasteiger charge is -2.36. The van der Waals surface area contributed by atoms with Gasteiger partial charge in [-0.3, -0.25) is 0 Å². The molecular weight excluding hydrogens is 220 g/mol. The minimum absolute atomic E-state index is 0.0602. The highest BCUT2D eigenvalue weighted by atomic mass is 16.6. The van der Waals surface area contributed by atoms with E-state index in [1.165, 1.54) is 0 Å². The van der Waals surface area contributed by atoms with E-state index in [1.54, 1.807) is 6.92 Å². The lowest BCUT2D eigenvalue weighted by molar-refractivity contribution is -0.288. The number of hydrogen-bond acceptors (Lipinski definition) is 8. The van der Waals surface area contributed by atoms with Crippen molar-refractivity contribution in [2.45, 2.75) is 37.6 Å². The maximum Gasteiger partial charge on any atom is 0.248 e. The predicted molar refractivity (Wildman–Crippen MR) is 46.9 cm³/mol. The molecule has 0 aliphatic carbocycles. The van der Waals surface area contributed by atoms with E-state index in [0.29, 0.717) is 0 Å². The van der Waals surface area contributed by atoms with Crippen LogP contribution in [0.5, 0.6) is 0 Å². The van der Waals surface area contributed by atoms with Crippen LogP contribution in [0.2, 0.25) is 0 Å². The van der Waals surface area contributed by atoms with Gasteiger partial charge >= 0.3 is 0 Å². The molecule has 1 fully saturated rings. The van der Waals surface area contributed by atoms with Gasteiger partial charge in [-0.15, -0.1) is 10.2 Å². The lowest BCUT2D eigenvalue weighted by Crippen LogP contribution is -2.54. The number of hydrogen-bond donors (Lipinski definition) is 4. The fraction of sp³-hybridized carbons (Fsp3) is 0.750. The predicted octanol–water partition coefficient (Wildman–Crippen LogP) is -2.15. The molecule has 0 amide bonds. The molecule has 90 valence electrons. The van der Waals surface area contributed by atoms with Crippen LogP contribution in [0.4, 0.5) is 0 Å². The third kappa shape index (κ3) is 1.81. The minimum Gasteiger partial charge on any atom is -0.423 e. The Morgan fingerprint density at radius 3 is 2.25 bits per heavy atom. The fourth-order valence-electron chi connectivity index (χ4n) is 1.49. The van der Waals surface area contributed by atoms with E-state index < -0.39 is 30.7 Å². The van der Waals surface area contributed by atoms with Gasteiger partial charge in [0.15, 0.2) is 12.4 Å². The summed E-state index contributed by atoms with van der Waals surface area (Å²) in [5.41, 5.74) is 0. The van der Waals surface area contributed by atoms with E-state index in [-0.39, 0.29) is 11.8 Å². The van der Waals surface area contributed by atoms with Gasteiger partial charge in [0, 0.05) is 6.92 Å². The SMILES string of the molecule is Cc1nnc(C2O[C@@H](O)[C@H](O)[C@@H](O)[C@@H]2O)o1. The average Bonchev–Trinajstić information content (AvgIpc) is 2.67. The van der Waals surface area contributed by atoms with Crippen LogP contribution in [0.3, 0.4) is 0 Å². The summed E-state index contributed by atoms with van der Waals surface area (Å²) in [6, 6.07) is 0. The first-order valence-electron chi connectivity index (χ1n) is 4.68. The maximum absolute atomic E-state index is 9.61. The average molecular weight is 232 g/mol. The molecule has 2 rings (SSSR count). The van der Waals surface area contributed by atoms with E-state index in [1.807, 2.05) is 0 Å². The molecule has 5 atom stereocenters. The molecular formula is C8H12N2O6. The highest BCUT2D eigenvalue weighted by Crippen LogP contribution is 2.30. The van der Waals surface area contributed by atoms with Gasteiger partial charge in [-0.25, -0.2) is 0 Å². The molecule has 0 bridgehead atoms. The Morgan fingerprint density at radius 1 is 1.00 bits per heavy atom. The van der Waals surface area contributed by atoms with Crippen LogP contribution in [0.1, 0.15) is 17.9 Å². The van der Waals surface area contributed by atoms with Gasteiger partial charge in [-0.2, -0.15) is 0 Å². The number of aryl methyl sites for hydroxylation is 1. The summed E-state index contributed by atoms with van der Waals surface area (Å²) in [5.74, 6) is 0.205. The lowest BCUT2D eigenvalue weighted by atomic mass is 9.99. The Bertz CT molecular complexity index is 369. The largest absolute Gasteiger partial charge is 0.423 e. The van der Waals surface area contributed by atoms with Crippen molar-refractivity contribution in [2.75, 3.05) is 0 Å². The summed E-state index contributed by atoms with van der Waals surface area (Å²) in [5, 5.41) is 44.7. The first-order chi connectivity index (χ1) is 7.50. The second-order valence-electron chi connectivity index (χ2n) is 3.58. The van der Waals surface area contributed by atoms with Gasteiger partial charge in [0.1, 0.15) is 18.3 Å². The van der Waals surface area contributed by atoms with Crippen molar-refractivity contribution >= 4 is 0 Å². The summed E-state index contributed by atoms with van der Waals surface area (Å²) in [6.07, 6.45) is -7.33. The normalized spacial score (nSPS) is 39.9. The van der Waals surface area contributed by atoms with E-state index in [0.717, 1.165) is 0 Å². The molecule has 4 N–H and O–H groups in total. The Labute approximate surface area is 90.1 Å². The van der Waals surface area contributed by atoms with E-state index in [9.17, 15) is 20.4 Å². The zero-order valence-corrected chi connectivity index (χ0v) is 8.39. The molecule has 2 heterocycles. The molecule has 8 nitrogen and oxygen atoms in total. The molecule has 1 aliphatic heterocycles. The minimum atomic E-state index is -1.62. The van der Waals surface area contributed by atoms with Crippen LogP contribution in [-0.2, 0) is 4.74 Å². The van der Waals surface area contributed by atoms with Crippen LogP contribution in [-0.4, -0.2) is 55.2 Å².